The molecule has 6 nitrogen and oxygen atoms in total. The van der Waals surface area contributed by atoms with Crippen molar-refractivity contribution < 1.29 is 14.4 Å². The third kappa shape index (κ3) is 1.83. The molecule has 0 saturated carbocycles. The van der Waals surface area contributed by atoms with Crippen molar-refractivity contribution in [2.75, 3.05) is 0 Å². The van der Waals surface area contributed by atoms with E-state index in [1.807, 2.05) is 0 Å². The summed E-state index contributed by atoms with van der Waals surface area (Å²) in [6, 6.07) is 2.98. The van der Waals surface area contributed by atoms with E-state index in [4.69, 9.17) is 9.63 Å². The van der Waals surface area contributed by atoms with E-state index in [0.29, 0.717) is 17.3 Å². The van der Waals surface area contributed by atoms with Gasteiger partial charge in [0.2, 0.25) is 11.7 Å². The van der Waals surface area contributed by atoms with Gasteiger partial charge in [0.1, 0.15) is 5.69 Å². The second-order valence-electron chi connectivity index (χ2n) is 2.87. The summed E-state index contributed by atoms with van der Waals surface area (Å²) in [6.07, 6.45) is 1.40. The molecule has 2 rings (SSSR count). The zero-order chi connectivity index (χ0) is 10.8. The van der Waals surface area contributed by atoms with Crippen LogP contribution in [0.25, 0.3) is 11.4 Å². The average Bonchev–Trinajstić information content (AvgIpc) is 2.65. The Labute approximate surface area is 84.6 Å². The number of aromatic nitrogens is 3. The van der Waals surface area contributed by atoms with Gasteiger partial charge in [-0.3, -0.25) is 0 Å². The summed E-state index contributed by atoms with van der Waals surface area (Å²) < 4.78 is 4.79. The van der Waals surface area contributed by atoms with Crippen LogP contribution >= 0.6 is 0 Å². The minimum atomic E-state index is -1.06. The minimum Gasteiger partial charge on any atom is -0.477 e. The van der Waals surface area contributed by atoms with Crippen LogP contribution in [0.2, 0.25) is 0 Å². The first-order valence-corrected chi connectivity index (χ1v) is 4.17. The molecule has 0 aliphatic heterocycles. The molecule has 0 bridgehead atoms. The lowest BCUT2D eigenvalue weighted by molar-refractivity contribution is 0.0690. The number of carboxylic acids is 1. The third-order valence-corrected chi connectivity index (χ3v) is 1.77. The van der Waals surface area contributed by atoms with Crippen LogP contribution in [0.4, 0.5) is 0 Å². The molecule has 0 aliphatic rings. The molecule has 0 unspecified atom stereocenters. The van der Waals surface area contributed by atoms with Crippen molar-refractivity contribution in [2.45, 2.75) is 6.92 Å². The number of rotatable bonds is 2. The summed E-state index contributed by atoms with van der Waals surface area (Å²) in [4.78, 5) is 18.3. The van der Waals surface area contributed by atoms with E-state index in [9.17, 15) is 4.79 Å². The standard InChI is InChI=1S/C9H7N3O3/c1-5-11-8(12-15-5)6-2-3-7(9(13)14)10-4-6/h2-4H,1H3,(H,13,14). The molecule has 2 heterocycles. The van der Waals surface area contributed by atoms with Gasteiger partial charge >= 0.3 is 5.97 Å². The first-order chi connectivity index (χ1) is 7.16. The molecule has 76 valence electrons. The molecule has 0 atom stereocenters. The van der Waals surface area contributed by atoms with E-state index >= 15 is 0 Å². The van der Waals surface area contributed by atoms with Gasteiger partial charge in [0.05, 0.1) is 0 Å². The summed E-state index contributed by atoms with van der Waals surface area (Å²) in [5, 5.41) is 12.3. The highest BCUT2D eigenvalue weighted by atomic mass is 16.5. The van der Waals surface area contributed by atoms with Crippen LogP contribution in [0, 0.1) is 6.92 Å². The van der Waals surface area contributed by atoms with Gasteiger partial charge < -0.3 is 9.63 Å². The van der Waals surface area contributed by atoms with Gasteiger partial charge in [-0.1, -0.05) is 5.16 Å². The van der Waals surface area contributed by atoms with E-state index in [1.165, 1.54) is 12.3 Å². The van der Waals surface area contributed by atoms with E-state index in [-0.39, 0.29) is 5.69 Å². The molecule has 0 aliphatic carbocycles. The van der Waals surface area contributed by atoms with Crippen molar-refractivity contribution in [2.24, 2.45) is 0 Å². The molecule has 0 aromatic carbocycles. The molecule has 0 spiro atoms. The molecule has 15 heavy (non-hydrogen) atoms. The van der Waals surface area contributed by atoms with Crippen LogP contribution in [-0.4, -0.2) is 26.2 Å². The van der Waals surface area contributed by atoms with Crippen LogP contribution in [0.5, 0.6) is 0 Å². The highest BCUT2D eigenvalue weighted by Crippen LogP contribution is 2.14. The van der Waals surface area contributed by atoms with Crippen molar-refractivity contribution >= 4 is 5.97 Å². The predicted octanol–water partition coefficient (Wildman–Crippen LogP) is 1.14. The fourth-order valence-electron chi connectivity index (χ4n) is 1.07. The lowest BCUT2D eigenvalue weighted by Crippen LogP contribution is -1.99. The molecule has 0 amide bonds. The summed E-state index contributed by atoms with van der Waals surface area (Å²) >= 11 is 0. The second-order valence-corrected chi connectivity index (χ2v) is 2.87. The van der Waals surface area contributed by atoms with Gasteiger partial charge in [-0.25, -0.2) is 9.78 Å². The molecule has 2 aromatic heterocycles. The molecule has 6 heteroatoms. The van der Waals surface area contributed by atoms with Gasteiger partial charge in [0.25, 0.3) is 0 Å². The Morgan fingerprint density at radius 1 is 1.47 bits per heavy atom. The van der Waals surface area contributed by atoms with Crippen molar-refractivity contribution in [1.29, 1.82) is 0 Å². The largest absolute Gasteiger partial charge is 0.477 e. The number of carboxylic acid groups (broad SMARTS) is 1. The Kier molecular flexibility index (Phi) is 2.17. The molecule has 0 radical (unpaired) electrons. The highest BCUT2D eigenvalue weighted by Gasteiger charge is 2.08. The Bertz CT molecular complexity index is 490. The number of pyridine rings is 1. The first-order valence-electron chi connectivity index (χ1n) is 4.17. The summed E-state index contributed by atoms with van der Waals surface area (Å²) in [5.41, 5.74) is 0.607. The molecule has 1 N–H and O–H groups in total. The minimum absolute atomic E-state index is 0.0148. The lowest BCUT2D eigenvalue weighted by Gasteiger charge is -1.94. The van der Waals surface area contributed by atoms with Crippen LogP contribution in [-0.2, 0) is 0 Å². The van der Waals surface area contributed by atoms with Gasteiger partial charge in [0.15, 0.2) is 0 Å². The van der Waals surface area contributed by atoms with E-state index in [1.54, 1.807) is 13.0 Å². The van der Waals surface area contributed by atoms with Gasteiger partial charge in [-0.05, 0) is 12.1 Å². The van der Waals surface area contributed by atoms with Gasteiger partial charge in [0, 0.05) is 18.7 Å². The maximum Gasteiger partial charge on any atom is 0.354 e. The second kappa shape index (κ2) is 3.49. The smallest absolute Gasteiger partial charge is 0.354 e. The third-order valence-electron chi connectivity index (χ3n) is 1.77. The summed E-state index contributed by atoms with van der Waals surface area (Å²) in [6.45, 7) is 1.68. The number of nitrogens with zero attached hydrogens (tertiary/aromatic N) is 3. The first kappa shape index (κ1) is 9.32. The van der Waals surface area contributed by atoms with Crippen LogP contribution in [0.3, 0.4) is 0 Å². The SMILES string of the molecule is Cc1nc(-c2ccc(C(=O)O)nc2)no1. The van der Waals surface area contributed by atoms with Crippen LogP contribution in [0.15, 0.2) is 22.9 Å². The number of hydrogen-bond acceptors (Lipinski definition) is 5. The zero-order valence-corrected chi connectivity index (χ0v) is 7.84. The molecule has 2 aromatic rings. The van der Waals surface area contributed by atoms with Crippen molar-refractivity contribution in [3.05, 3.63) is 29.9 Å². The van der Waals surface area contributed by atoms with Gasteiger partial charge in [-0.2, -0.15) is 4.98 Å². The number of aromatic carboxylic acids is 1. The van der Waals surface area contributed by atoms with E-state index < -0.39 is 5.97 Å². The predicted molar refractivity (Wildman–Crippen MR) is 49.2 cm³/mol. The Hall–Kier alpha value is -2.24. The number of aryl methyl sites for hydroxylation is 1. The van der Waals surface area contributed by atoms with E-state index in [0.717, 1.165) is 0 Å². The lowest BCUT2D eigenvalue weighted by atomic mass is 10.2. The monoisotopic (exact) mass is 205 g/mol. The molecule has 0 fully saturated rings. The quantitative estimate of drug-likeness (QED) is 0.790. The number of hydrogen-bond donors (Lipinski definition) is 1. The maximum atomic E-state index is 10.5. The topological polar surface area (TPSA) is 89.1 Å². The maximum absolute atomic E-state index is 10.5. The average molecular weight is 205 g/mol. The Morgan fingerprint density at radius 3 is 2.73 bits per heavy atom. The molecular formula is C9H7N3O3. The normalized spacial score (nSPS) is 10.2. The van der Waals surface area contributed by atoms with Crippen molar-refractivity contribution in [1.82, 2.24) is 15.1 Å². The van der Waals surface area contributed by atoms with Crippen LogP contribution < -0.4 is 0 Å². The van der Waals surface area contributed by atoms with E-state index in [2.05, 4.69) is 15.1 Å². The number of carbonyl (C=O) groups is 1. The zero-order valence-electron chi connectivity index (χ0n) is 7.84. The fraction of sp³-hybridized carbons (Fsp3) is 0.111. The Balaban J connectivity index is 2.35. The molecular weight excluding hydrogens is 198 g/mol. The molecule has 0 saturated heterocycles. The highest BCUT2D eigenvalue weighted by molar-refractivity contribution is 5.85. The Morgan fingerprint density at radius 2 is 2.27 bits per heavy atom. The van der Waals surface area contributed by atoms with Crippen molar-refractivity contribution in [3.8, 4) is 11.4 Å². The van der Waals surface area contributed by atoms with Crippen LogP contribution in [0.1, 0.15) is 16.4 Å². The fourth-order valence-corrected chi connectivity index (χ4v) is 1.07. The van der Waals surface area contributed by atoms with Crippen molar-refractivity contribution in [3.63, 3.8) is 0 Å². The van der Waals surface area contributed by atoms with Gasteiger partial charge in [-0.15, -0.1) is 0 Å². The summed E-state index contributed by atoms with van der Waals surface area (Å²) in [5.74, 6) is -0.213. The summed E-state index contributed by atoms with van der Waals surface area (Å²) in [7, 11) is 0.